The van der Waals surface area contributed by atoms with Crippen molar-refractivity contribution in [2.75, 3.05) is 33.4 Å². The van der Waals surface area contributed by atoms with Gasteiger partial charge in [0.2, 0.25) is 0 Å². The van der Waals surface area contributed by atoms with E-state index in [1.165, 1.54) is 32.1 Å². The van der Waals surface area contributed by atoms with Gasteiger partial charge in [0.1, 0.15) is 12.4 Å². The summed E-state index contributed by atoms with van der Waals surface area (Å²) < 4.78 is 7.19. The standard InChI is InChI=1S/C21H39N7O/c1-17-25-26-20(27(17)2)16-22-21(23-18-8-5-4-6-9-18)24-19-10-13-28(14-11-19)12-7-15-29-3/h18-19H,4-16H2,1-3H3,(H2,22,23,24). The Bertz CT molecular complexity index is 631. The average Bonchev–Trinajstić information content (AvgIpc) is 3.06. The SMILES string of the molecule is COCCCN1CCC(NC(=NCc2nnc(C)n2C)NC2CCCCC2)CC1. The van der Waals surface area contributed by atoms with Crippen LogP contribution in [0.1, 0.15) is 63.0 Å². The second-order valence-electron chi connectivity index (χ2n) is 8.47. The molecule has 2 aliphatic rings. The number of hydrogen-bond donors (Lipinski definition) is 2. The fraction of sp³-hybridized carbons (Fsp3) is 0.857. The van der Waals surface area contributed by atoms with Crippen LogP contribution in [0.25, 0.3) is 0 Å². The highest BCUT2D eigenvalue weighted by molar-refractivity contribution is 5.80. The number of aryl methyl sites for hydroxylation is 1. The average molecular weight is 406 g/mol. The molecule has 0 atom stereocenters. The van der Waals surface area contributed by atoms with Crippen LogP contribution in [0.4, 0.5) is 0 Å². The number of likely N-dealkylation sites (tertiary alicyclic amines) is 1. The third-order valence-corrected chi connectivity index (χ3v) is 6.26. The summed E-state index contributed by atoms with van der Waals surface area (Å²) in [7, 11) is 3.78. The van der Waals surface area contributed by atoms with E-state index in [9.17, 15) is 0 Å². The molecule has 0 unspecified atom stereocenters. The first-order valence-electron chi connectivity index (χ1n) is 11.3. The van der Waals surface area contributed by atoms with Crippen LogP contribution in [-0.2, 0) is 18.3 Å². The van der Waals surface area contributed by atoms with Crippen LogP contribution in [0.2, 0.25) is 0 Å². The molecule has 1 aliphatic heterocycles. The first-order chi connectivity index (χ1) is 14.2. The van der Waals surface area contributed by atoms with Crippen molar-refractivity contribution in [2.45, 2.75) is 76.9 Å². The maximum Gasteiger partial charge on any atom is 0.192 e. The monoisotopic (exact) mass is 405 g/mol. The number of nitrogens with one attached hydrogen (secondary N) is 2. The molecule has 2 N–H and O–H groups in total. The highest BCUT2D eigenvalue weighted by Gasteiger charge is 2.21. The van der Waals surface area contributed by atoms with Crippen molar-refractivity contribution in [3.8, 4) is 0 Å². The molecule has 29 heavy (non-hydrogen) atoms. The predicted octanol–water partition coefficient (Wildman–Crippen LogP) is 1.99. The lowest BCUT2D eigenvalue weighted by Gasteiger charge is -2.34. The van der Waals surface area contributed by atoms with Crippen molar-refractivity contribution in [1.29, 1.82) is 0 Å². The topological polar surface area (TPSA) is 79.6 Å². The van der Waals surface area contributed by atoms with Gasteiger partial charge in [0.15, 0.2) is 11.8 Å². The van der Waals surface area contributed by atoms with Crippen molar-refractivity contribution in [2.24, 2.45) is 12.0 Å². The second-order valence-corrected chi connectivity index (χ2v) is 8.47. The first-order valence-corrected chi connectivity index (χ1v) is 11.3. The van der Waals surface area contributed by atoms with Crippen LogP contribution in [0.15, 0.2) is 4.99 Å². The number of aliphatic imine (C=N–C) groups is 1. The number of ether oxygens (including phenoxy) is 1. The molecule has 1 aromatic heterocycles. The molecule has 0 spiro atoms. The highest BCUT2D eigenvalue weighted by atomic mass is 16.5. The molecule has 1 aliphatic carbocycles. The normalized spacial score (nSPS) is 20.2. The van der Waals surface area contributed by atoms with E-state index in [1.807, 2.05) is 18.5 Å². The summed E-state index contributed by atoms with van der Waals surface area (Å²) >= 11 is 0. The number of hydrogen-bond acceptors (Lipinski definition) is 5. The van der Waals surface area contributed by atoms with Gasteiger partial charge in [-0.3, -0.25) is 0 Å². The molecule has 1 saturated heterocycles. The Morgan fingerprint density at radius 2 is 1.76 bits per heavy atom. The summed E-state index contributed by atoms with van der Waals surface area (Å²) in [5.41, 5.74) is 0. The van der Waals surface area contributed by atoms with E-state index in [-0.39, 0.29) is 0 Å². The zero-order valence-corrected chi connectivity index (χ0v) is 18.5. The van der Waals surface area contributed by atoms with Crippen LogP contribution < -0.4 is 10.6 Å². The smallest absolute Gasteiger partial charge is 0.192 e. The van der Waals surface area contributed by atoms with Gasteiger partial charge in [-0.2, -0.15) is 0 Å². The lowest BCUT2D eigenvalue weighted by Crippen LogP contribution is -2.51. The molecular weight excluding hydrogens is 366 g/mol. The minimum Gasteiger partial charge on any atom is -0.385 e. The van der Waals surface area contributed by atoms with E-state index in [0.29, 0.717) is 18.6 Å². The lowest BCUT2D eigenvalue weighted by molar-refractivity contribution is 0.155. The molecule has 2 heterocycles. The molecule has 0 amide bonds. The number of aromatic nitrogens is 3. The number of methoxy groups -OCH3 is 1. The molecule has 1 saturated carbocycles. The second kappa shape index (κ2) is 11.5. The Morgan fingerprint density at radius 1 is 1.07 bits per heavy atom. The Kier molecular flexibility index (Phi) is 8.73. The number of guanidine groups is 1. The van der Waals surface area contributed by atoms with Gasteiger partial charge in [-0.25, -0.2) is 4.99 Å². The summed E-state index contributed by atoms with van der Waals surface area (Å²) in [6.45, 7) is 6.78. The van der Waals surface area contributed by atoms with E-state index in [0.717, 1.165) is 63.1 Å². The van der Waals surface area contributed by atoms with Gasteiger partial charge in [-0.15, -0.1) is 10.2 Å². The molecule has 8 nitrogen and oxygen atoms in total. The summed E-state index contributed by atoms with van der Waals surface area (Å²) in [6.07, 6.45) is 9.88. The van der Waals surface area contributed by atoms with E-state index in [1.54, 1.807) is 7.11 Å². The minimum absolute atomic E-state index is 0.477. The van der Waals surface area contributed by atoms with E-state index < -0.39 is 0 Å². The van der Waals surface area contributed by atoms with Crippen molar-refractivity contribution in [3.05, 3.63) is 11.6 Å². The van der Waals surface area contributed by atoms with Gasteiger partial charge in [0.25, 0.3) is 0 Å². The zero-order chi connectivity index (χ0) is 20.5. The Hall–Kier alpha value is -1.67. The summed E-state index contributed by atoms with van der Waals surface area (Å²) in [4.78, 5) is 7.42. The quantitative estimate of drug-likeness (QED) is 0.391. The minimum atomic E-state index is 0.477. The van der Waals surface area contributed by atoms with Gasteiger partial charge < -0.3 is 24.8 Å². The molecule has 0 radical (unpaired) electrons. The van der Waals surface area contributed by atoms with Crippen LogP contribution >= 0.6 is 0 Å². The van der Waals surface area contributed by atoms with Crippen molar-refractivity contribution < 1.29 is 4.74 Å². The van der Waals surface area contributed by atoms with Crippen LogP contribution in [-0.4, -0.2) is 71.1 Å². The molecule has 0 aromatic carbocycles. The van der Waals surface area contributed by atoms with Crippen molar-refractivity contribution in [3.63, 3.8) is 0 Å². The summed E-state index contributed by atoms with van der Waals surface area (Å²) in [5.74, 6) is 2.77. The zero-order valence-electron chi connectivity index (χ0n) is 18.5. The van der Waals surface area contributed by atoms with Crippen LogP contribution in [0.3, 0.4) is 0 Å². The summed E-state index contributed by atoms with van der Waals surface area (Å²) in [5, 5.41) is 15.8. The fourth-order valence-electron chi connectivity index (χ4n) is 4.24. The van der Waals surface area contributed by atoms with E-state index >= 15 is 0 Å². The molecule has 164 valence electrons. The Balaban J connectivity index is 1.55. The Labute approximate surface area is 175 Å². The van der Waals surface area contributed by atoms with Gasteiger partial charge in [-0.05, 0) is 39.0 Å². The predicted molar refractivity (Wildman–Crippen MR) is 116 cm³/mol. The van der Waals surface area contributed by atoms with E-state index in [4.69, 9.17) is 9.73 Å². The van der Waals surface area contributed by atoms with Gasteiger partial charge in [-0.1, -0.05) is 19.3 Å². The first kappa shape index (κ1) is 22.0. The highest BCUT2D eigenvalue weighted by Crippen LogP contribution is 2.17. The number of nitrogens with zero attached hydrogens (tertiary/aromatic N) is 5. The third kappa shape index (κ3) is 6.96. The van der Waals surface area contributed by atoms with Gasteiger partial charge in [0, 0.05) is 52.5 Å². The van der Waals surface area contributed by atoms with Crippen molar-refractivity contribution in [1.82, 2.24) is 30.3 Å². The maximum absolute atomic E-state index is 5.18. The molecule has 3 rings (SSSR count). The number of piperidine rings is 1. The fourth-order valence-corrected chi connectivity index (χ4v) is 4.24. The van der Waals surface area contributed by atoms with Gasteiger partial charge >= 0.3 is 0 Å². The molecular formula is C21H39N7O. The molecule has 1 aromatic rings. The molecule has 8 heteroatoms. The van der Waals surface area contributed by atoms with Crippen molar-refractivity contribution >= 4 is 5.96 Å². The van der Waals surface area contributed by atoms with Crippen LogP contribution in [0.5, 0.6) is 0 Å². The van der Waals surface area contributed by atoms with E-state index in [2.05, 4.69) is 25.7 Å². The van der Waals surface area contributed by atoms with Gasteiger partial charge in [0.05, 0.1) is 0 Å². The third-order valence-electron chi connectivity index (χ3n) is 6.26. The lowest BCUT2D eigenvalue weighted by atomic mass is 9.95. The Morgan fingerprint density at radius 3 is 2.38 bits per heavy atom. The number of rotatable bonds is 8. The largest absolute Gasteiger partial charge is 0.385 e. The summed E-state index contributed by atoms with van der Waals surface area (Å²) in [6, 6.07) is 1.01. The maximum atomic E-state index is 5.18. The molecule has 2 fully saturated rings. The molecule has 0 bridgehead atoms. The van der Waals surface area contributed by atoms with Crippen LogP contribution in [0, 0.1) is 6.92 Å².